The van der Waals surface area contributed by atoms with Gasteiger partial charge in [0.05, 0.1) is 19.8 Å². The quantitative estimate of drug-likeness (QED) is 0.514. The molecule has 0 aliphatic carbocycles. The molecular weight excluding hydrogens is 346 g/mol. The average Bonchev–Trinajstić information content (AvgIpc) is 3.13. The molecule has 2 fully saturated rings. The maximum Gasteiger partial charge on any atom is 0.305 e. The summed E-state index contributed by atoms with van der Waals surface area (Å²) in [6, 6.07) is 7.81. The Bertz CT molecular complexity index is 626. The van der Waals surface area contributed by atoms with E-state index in [9.17, 15) is 9.59 Å². The first-order chi connectivity index (χ1) is 13.1. The second kappa shape index (κ2) is 9.44. The van der Waals surface area contributed by atoms with Crippen LogP contribution >= 0.6 is 0 Å². The molecule has 0 amide bonds. The van der Waals surface area contributed by atoms with Gasteiger partial charge in [-0.1, -0.05) is 24.3 Å². The third-order valence-electron chi connectivity index (χ3n) is 5.20. The predicted molar refractivity (Wildman–Crippen MR) is 100 cm³/mol. The molecule has 1 aromatic carbocycles. The normalized spacial score (nSPS) is 19.3. The highest BCUT2D eigenvalue weighted by molar-refractivity contribution is 5.96. The van der Waals surface area contributed by atoms with Crippen LogP contribution in [0.1, 0.15) is 54.9 Å². The monoisotopic (exact) mass is 375 g/mol. The Hall–Kier alpha value is -1.76. The summed E-state index contributed by atoms with van der Waals surface area (Å²) in [5.41, 5.74) is 1.90. The van der Waals surface area contributed by atoms with Crippen LogP contribution in [0.5, 0.6) is 0 Å². The molecule has 6 nitrogen and oxygen atoms in total. The van der Waals surface area contributed by atoms with Crippen molar-refractivity contribution in [2.24, 2.45) is 0 Å². The highest BCUT2D eigenvalue weighted by atomic mass is 16.7. The predicted octanol–water partition coefficient (Wildman–Crippen LogP) is 2.94. The lowest BCUT2D eigenvalue weighted by atomic mass is 10.0. The van der Waals surface area contributed by atoms with Gasteiger partial charge in [-0.2, -0.15) is 0 Å². The van der Waals surface area contributed by atoms with Crippen LogP contribution in [0.15, 0.2) is 24.3 Å². The molecule has 3 rings (SSSR count). The molecule has 27 heavy (non-hydrogen) atoms. The third kappa shape index (κ3) is 5.61. The molecular formula is C21H29NO5. The van der Waals surface area contributed by atoms with Gasteiger partial charge >= 0.3 is 5.97 Å². The number of piperidine rings is 1. The van der Waals surface area contributed by atoms with E-state index in [1.54, 1.807) is 6.92 Å². The van der Waals surface area contributed by atoms with Crippen molar-refractivity contribution >= 4 is 11.8 Å². The van der Waals surface area contributed by atoms with E-state index in [0.29, 0.717) is 44.6 Å². The number of ether oxygens (including phenoxy) is 3. The summed E-state index contributed by atoms with van der Waals surface area (Å²) in [6.07, 6.45) is 3.00. The van der Waals surface area contributed by atoms with Gasteiger partial charge in [-0.25, -0.2) is 0 Å². The van der Waals surface area contributed by atoms with Crippen LogP contribution in [-0.2, 0) is 25.5 Å². The maximum absolute atomic E-state index is 12.2. The van der Waals surface area contributed by atoms with Gasteiger partial charge in [0.1, 0.15) is 0 Å². The molecule has 0 atom stereocenters. The zero-order valence-electron chi connectivity index (χ0n) is 16.1. The number of carbonyl (C=O) groups excluding carboxylic acids is 2. The number of hydrogen-bond donors (Lipinski definition) is 0. The fourth-order valence-electron chi connectivity index (χ4n) is 3.66. The van der Waals surface area contributed by atoms with E-state index in [1.165, 1.54) is 5.56 Å². The Labute approximate surface area is 160 Å². The van der Waals surface area contributed by atoms with Crippen LogP contribution in [0, 0.1) is 0 Å². The number of nitrogens with zero attached hydrogens (tertiary/aromatic N) is 1. The van der Waals surface area contributed by atoms with Crippen molar-refractivity contribution in [2.45, 2.75) is 51.4 Å². The molecule has 2 heterocycles. The lowest BCUT2D eigenvalue weighted by molar-refractivity contribution is -0.185. The molecule has 0 radical (unpaired) electrons. The van der Waals surface area contributed by atoms with Gasteiger partial charge in [-0.3, -0.25) is 14.5 Å². The standard InChI is InChI=1S/C21H29NO5/c1-2-25-20(24)5-3-4-19(23)18-8-6-17(7-9-18)16-22-12-10-21(11-13-22)26-14-15-27-21/h6-9H,2-5,10-16H2,1H3. The summed E-state index contributed by atoms with van der Waals surface area (Å²) >= 11 is 0. The van der Waals surface area contributed by atoms with Crippen LogP contribution in [-0.4, -0.2) is 55.3 Å². The van der Waals surface area contributed by atoms with Gasteiger partial charge in [0.25, 0.3) is 0 Å². The Morgan fingerprint density at radius 2 is 1.74 bits per heavy atom. The van der Waals surface area contributed by atoms with Gasteiger partial charge < -0.3 is 14.2 Å². The minimum atomic E-state index is -0.337. The Morgan fingerprint density at radius 3 is 2.37 bits per heavy atom. The van der Waals surface area contributed by atoms with Crippen molar-refractivity contribution in [2.75, 3.05) is 32.9 Å². The molecule has 2 aliphatic heterocycles. The molecule has 0 saturated carbocycles. The summed E-state index contributed by atoms with van der Waals surface area (Å²) in [7, 11) is 0. The van der Waals surface area contributed by atoms with E-state index in [2.05, 4.69) is 4.90 Å². The third-order valence-corrected chi connectivity index (χ3v) is 5.20. The molecule has 0 aromatic heterocycles. The number of rotatable bonds is 8. The van der Waals surface area contributed by atoms with Crippen LogP contribution < -0.4 is 0 Å². The summed E-state index contributed by atoms with van der Waals surface area (Å²) in [4.78, 5) is 26.0. The fourth-order valence-corrected chi connectivity index (χ4v) is 3.66. The summed E-state index contributed by atoms with van der Waals surface area (Å²) < 4.78 is 16.4. The number of hydrogen-bond acceptors (Lipinski definition) is 6. The van der Waals surface area contributed by atoms with E-state index in [4.69, 9.17) is 14.2 Å². The number of ketones is 1. The minimum Gasteiger partial charge on any atom is -0.466 e. The zero-order valence-corrected chi connectivity index (χ0v) is 16.1. The number of likely N-dealkylation sites (tertiary alicyclic amines) is 1. The number of benzene rings is 1. The highest BCUT2D eigenvalue weighted by Gasteiger charge is 2.39. The van der Waals surface area contributed by atoms with Crippen LogP contribution in [0.4, 0.5) is 0 Å². The second-order valence-corrected chi connectivity index (χ2v) is 7.16. The summed E-state index contributed by atoms with van der Waals surface area (Å²) in [5.74, 6) is -0.505. The van der Waals surface area contributed by atoms with Gasteiger partial charge in [0.15, 0.2) is 11.6 Å². The lowest BCUT2D eigenvalue weighted by Crippen LogP contribution is -2.44. The molecule has 1 aromatic rings. The number of esters is 1. The van der Waals surface area contributed by atoms with E-state index in [-0.39, 0.29) is 17.5 Å². The minimum absolute atomic E-state index is 0.0706. The first-order valence-electron chi connectivity index (χ1n) is 9.88. The average molecular weight is 375 g/mol. The van der Waals surface area contributed by atoms with Crippen molar-refractivity contribution < 1.29 is 23.8 Å². The van der Waals surface area contributed by atoms with Crippen molar-refractivity contribution in [1.29, 1.82) is 0 Å². The Balaban J connectivity index is 1.42. The van der Waals surface area contributed by atoms with Gasteiger partial charge in [0.2, 0.25) is 0 Å². The first kappa shape index (κ1) is 20.0. The van der Waals surface area contributed by atoms with E-state index < -0.39 is 0 Å². The fraction of sp³-hybridized carbons (Fsp3) is 0.619. The molecule has 2 aliphatic rings. The maximum atomic E-state index is 12.2. The number of carbonyl (C=O) groups is 2. The number of Topliss-reactive ketones (excluding diaryl/α,β-unsaturated/α-hetero) is 1. The molecule has 0 N–H and O–H groups in total. The Morgan fingerprint density at radius 1 is 1.07 bits per heavy atom. The summed E-state index contributed by atoms with van der Waals surface area (Å²) in [5, 5.41) is 0. The first-order valence-corrected chi connectivity index (χ1v) is 9.88. The lowest BCUT2D eigenvalue weighted by Gasteiger charge is -2.37. The molecule has 0 bridgehead atoms. The van der Waals surface area contributed by atoms with Crippen molar-refractivity contribution in [1.82, 2.24) is 4.90 Å². The molecule has 2 saturated heterocycles. The van der Waals surface area contributed by atoms with E-state index >= 15 is 0 Å². The van der Waals surface area contributed by atoms with Crippen molar-refractivity contribution in [3.05, 3.63) is 35.4 Å². The molecule has 6 heteroatoms. The van der Waals surface area contributed by atoms with Gasteiger partial charge in [0, 0.05) is 50.9 Å². The molecule has 1 spiro atoms. The zero-order chi connectivity index (χ0) is 19.1. The van der Waals surface area contributed by atoms with Crippen LogP contribution in [0.3, 0.4) is 0 Å². The van der Waals surface area contributed by atoms with Gasteiger partial charge in [-0.05, 0) is 18.9 Å². The topological polar surface area (TPSA) is 65.1 Å². The molecule has 148 valence electrons. The van der Waals surface area contributed by atoms with Crippen LogP contribution in [0.2, 0.25) is 0 Å². The van der Waals surface area contributed by atoms with E-state index in [1.807, 2.05) is 24.3 Å². The molecule has 0 unspecified atom stereocenters. The van der Waals surface area contributed by atoms with Crippen molar-refractivity contribution in [3.63, 3.8) is 0 Å². The van der Waals surface area contributed by atoms with E-state index in [0.717, 1.165) is 32.5 Å². The largest absolute Gasteiger partial charge is 0.466 e. The van der Waals surface area contributed by atoms with Gasteiger partial charge in [-0.15, -0.1) is 0 Å². The summed E-state index contributed by atoms with van der Waals surface area (Å²) in [6.45, 7) is 6.34. The SMILES string of the molecule is CCOC(=O)CCCC(=O)c1ccc(CN2CCC3(CC2)OCCO3)cc1. The highest BCUT2D eigenvalue weighted by Crippen LogP contribution is 2.31. The second-order valence-electron chi connectivity index (χ2n) is 7.16. The van der Waals surface area contributed by atoms with Crippen molar-refractivity contribution in [3.8, 4) is 0 Å². The van der Waals surface area contributed by atoms with Crippen LogP contribution in [0.25, 0.3) is 0 Å². The smallest absolute Gasteiger partial charge is 0.305 e. The Kier molecular flexibility index (Phi) is 6.99.